The first kappa shape index (κ1) is 17.0. The third-order valence-corrected chi connectivity index (χ3v) is 4.36. The first-order valence-electron chi connectivity index (χ1n) is 7.75. The molecule has 1 heterocycles. The third kappa shape index (κ3) is 3.90. The third-order valence-electron chi connectivity index (χ3n) is 4.06. The molecule has 4 heteroatoms. The highest BCUT2D eigenvalue weighted by molar-refractivity contribution is 6.32. The van der Waals surface area contributed by atoms with Crippen molar-refractivity contribution in [2.45, 2.75) is 32.6 Å². The number of benzene rings is 1. The van der Waals surface area contributed by atoms with Gasteiger partial charge in [0.1, 0.15) is 5.75 Å². The molecular weight excluding hydrogens is 298 g/mol. The number of hydrogen-bond acceptors (Lipinski definition) is 3. The van der Waals surface area contributed by atoms with Gasteiger partial charge < -0.3 is 9.64 Å². The fraction of sp³-hybridized carbons (Fsp3) is 0.500. The molecule has 0 aromatic heterocycles. The summed E-state index contributed by atoms with van der Waals surface area (Å²) >= 11 is 6.31. The second kappa shape index (κ2) is 7.30. The first-order valence-corrected chi connectivity index (χ1v) is 8.13. The van der Waals surface area contributed by atoms with E-state index in [1.165, 1.54) is 11.1 Å². The monoisotopic (exact) mass is 321 g/mol. The van der Waals surface area contributed by atoms with E-state index < -0.39 is 0 Å². The number of hydrogen-bond donors (Lipinski definition) is 0. The summed E-state index contributed by atoms with van der Waals surface area (Å²) in [4.78, 5) is 14.2. The topological polar surface area (TPSA) is 29.5 Å². The van der Waals surface area contributed by atoms with Crippen LogP contribution < -0.4 is 4.74 Å². The van der Waals surface area contributed by atoms with Gasteiger partial charge in [-0.15, -0.1) is 6.58 Å². The van der Waals surface area contributed by atoms with Gasteiger partial charge in [0.05, 0.1) is 10.9 Å². The van der Waals surface area contributed by atoms with Gasteiger partial charge in [0, 0.05) is 19.0 Å². The Morgan fingerprint density at radius 1 is 1.55 bits per heavy atom. The van der Waals surface area contributed by atoms with Crippen molar-refractivity contribution in [3.05, 3.63) is 40.9 Å². The Labute approximate surface area is 137 Å². The van der Waals surface area contributed by atoms with Crippen molar-refractivity contribution in [1.82, 2.24) is 4.90 Å². The number of ether oxygens (including phenoxy) is 1. The van der Waals surface area contributed by atoms with Crippen molar-refractivity contribution in [1.29, 1.82) is 0 Å². The number of fused-ring (bicyclic) bond motifs is 1. The molecule has 0 aliphatic carbocycles. The number of nitrogens with zero attached hydrogens (tertiary/aromatic N) is 1. The molecule has 3 nitrogen and oxygen atoms in total. The van der Waals surface area contributed by atoms with E-state index in [4.69, 9.17) is 16.3 Å². The number of esters is 1. The van der Waals surface area contributed by atoms with Gasteiger partial charge >= 0.3 is 5.97 Å². The summed E-state index contributed by atoms with van der Waals surface area (Å²) in [5.74, 6) is 0.393. The van der Waals surface area contributed by atoms with E-state index in [0.29, 0.717) is 16.7 Å². The maximum absolute atomic E-state index is 11.9. The molecule has 0 fully saturated rings. The van der Waals surface area contributed by atoms with Crippen molar-refractivity contribution in [2.24, 2.45) is 5.92 Å². The summed E-state index contributed by atoms with van der Waals surface area (Å²) in [6.07, 6.45) is 3.80. The molecule has 0 saturated heterocycles. The Kier molecular flexibility index (Phi) is 5.65. The summed E-state index contributed by atoms with van der Waals surface area (Å²) in [5, 5.41) is 0.509. The van der Waals surface area contributed by atoms with E-state index >= 15 is 0 Å². The normalized spacial score (nSPS) is 18.7. The number of rotatable bonds is 4. The summed E-state index contributed by atoms with van der Waals surface area (Å²) in [6, 6.07) is 3.90. The predicted octanol–water partition coefficient (Wildman–Crippen LogP) is 4.05. The number of carbonyl (C=O) groups is 1. The van der Waals surface area contributed by atoms with Gasteiger partial charge in [-0.05, 0) is 43.1 Å². The number of likely N-dealkylation sites (N-methyl/N-ethyl adjacent to an activating group) is 1. The second-order valence-corrected chi connectivity index (χ2v) is 6.70. The lowest BCUT2D eigenvalue weighted by Crippen LogP contribution is -2.23. The summed E-state index contributed by atoms with van der Waals surface area (Å²) < 4.78 is 5.46. The molecule has 0 amide bonds. The lowest BCUT2D eigenvalue weighted by molar-refractivity contribution is -0.137. The molecule has 0 saturated carbocycles. The van der Waals surface area contributed by atoms with E-state index in [-0.39, 0.29) is 11.9 Å². The zero-order valence-electron chi connectivity index (χ0n) is 13.6. The van der Waals surface area contributed by atoms with Crippen LogP contribution in [0.15, 0.2) is 24.8 Å². The van der Waals surface area contributed by atoms with Crippen LogP contribution in [0, 0.1) is 5.92 Å². The van der Waals surface area contributed by atoms with Gasteiger partial charge in [0.15, 0.2) is 0 Å². The van der Waals surface area contributed by atoms with Gasteiger partial charge in [-0.3, -0.25) is 4.79 Å². The standard InChI is InChI=1S/C18H24ClNO2/c1-5-6-14-11-20(4)8-7-13-9-16(19)17(10-15(13)14)22-18(21)12(2)3/h5,9-10,12,14H,1,6-8,11H2,2-4H3. The molecule has 1 aliphatic rings. The molecule has 1 aromatic carbocycles. The zero-order chi connectivity index (χ0) is 16.3. The Hall–Kier alpha value is -1.32. The van der Waals surface area contributed by atoms with Crippen LogP contribution in [0.25, 0.3) is 0 Å². The number of halogens is 1. The average molecular weight is 322 g/mol. The summed E-state index contributed by atoms with van der Waals surface area (Å²) in [6.45, 7) is 9.47. The number of allylic oxidation sites excluding steroid dienone is 1. The van der Waals surface area contributed by atoms with E-state index in [2.05, 4.69) is 18.5 Å². The minimum atomic E-state index is -0.257. The molecule has 120 valence electrons. The Bertz CT molecular complexity index is 568. The van der Waals surface area contributed by atoms with Crippen LogP contribution in [0.2, 0.25) is 5.02 Å². The minimum Gasteiger partial charge on any atom is -0.425 e. The van der Waals surface area contributed by atoms with Gasteiger partial charge in [0.25, 0.3) is 0 Å². The first-order chi connectivity index (χ1) is 10.4. The predicted molar refractivity (Wildman–Crippen MR) is 90.7 cm³/mol. The van der Waals surface area contributed by atoms with Crippen LogP contribution >= 0.6 is 11.6 Å². The average Bonchev–Trinajstić information content (AvgIpc) is 2.60. The van der Waals surface area contributed by atoms with Crippen LogP contribution in [-0.4, -0.2) is 31.0 Å². The fourth-order valence-electron chi connectivity index (χ4n) is 2.79. The van der Waals surface area contributed by atoms with Crippen LogP contribution in [0.1, 0.15) is 37.3 Å². The fourth-order valence-corrected chi connectivity index (χ4v) is 3.02. The molecule has 1 aliphatic heterocycles. The van der Waals surface area contributed by atoms with Crippen molar-refractivity contribution < 1.29 is 9.53 Å². The highest BCUT2D eigenvalue weighted by Crippen LogP contribution is 2.36. The highest BCUT2D eigenvalue weighted by Gasteiger charge is 2.23. The van der Waals surface area contributed by atoms with Crippen molar-refractivity contribution in [2.75, 3.05) is 20.1 Å². The molecule has 1 unspecified atom stereocenters. The van der Waals surface area contributed by atoms with E-state index in [0.717, 1.165) is 25.9 Å². The molecule has 0 spiro atoms. The van der Waals surface area contributed by atoms with Crippen LogP contribution in [-0.2, 0) is 11.2 Å². The van der Waals surface area contributed by atoms with Gasteiger partial charge in [-0.25, -0.2) is 0 Å². The minimum absolute atomic E-state index is 0.176. The Morgan fingerprint density at radius 2 is 2.27 bits per heavy atom. The van der Waals surface area contributed by atoms with E-state index in [1.807, 2.05) is 32.1 Å². The second-order valence-electron chi connectivity index (χ2n) is 6.29. The van der Waals surface area contributed by atoms with Crippen LogP contribution in [0.5, 0.6) is 5.75 Å². The Morgan fingerprint density at radius 3 is 2.91 bits per heavy atom. The van der Waals surface area contributed by atoms with Crippen LogP contribution in [0.4, 0.5) is 0 Å². The number of carbonyl (C=O) groups excluding carboxylic acids is 1. The molecule has 2 rings (SSSR count). The lowest BCUT2D eigenvalue weighted by atomic mass is 9.91. The largest absolute Gasteiger partial charge is 0.425 e. The lowest BCUT2D eigenvalue weighted by Gasteiger charge is -2.21. The van der Waals surface area contributed by atoms with Gasteiger partial charge in [-0.1, -0.05) is 31.5 Å². The summed E-state index contributed by atoms with van der Waals surface area (Å²) in [5.41, 5.74) is 2.46. The van der Waals surface area contributed by atoms with Gasteiger partial charge in [-0.2, -0.15) is 0 Å². The molecule has 22 heavy (non-hydrogen) atoms. The molecular formula is C18H24ClNO2. The quantitative estimate of drug-likeness (QED) is 0.476. The SMILES string of the molecule is C=CCC1CN(C)CCc2cc(Cl)c(OC(=O)C(C)C)cc21. The maximum Gasteiger partial charge on any atom is 0.313 e. The smallest absolute Gasteiger partial charge is 0.313 e. The molecule has 1 atom stereocenters. The zero-order valence-corrected chi connectivity index (χ0v) is 14.3. The molecule has 1 aromatic rings. The van der Waals surface area contributed by atoms with Crippen molar-refractivity contribution >= 4 is 17.6 Å². The van der Waals surface area contributed by atoms with Crippen molar-refractivity contribution in [3.63, 3.8) is 0 Å². The van der Waals surface area contributed by atoms with E-state index in [9.17, 15) is 4.79 Å². The molecule has 0 radical (unpaired) electrons. The highest BCUT2D eigenvalue weighted by atomic mass is 35.5. The van der Waals surface area contributed by atoms with Crippen LogP contribution in [0.3, 0.4) is 0 Å². The molecule has 0 N–H and O–H groups in total. The van der Waals surface area contributed by atoms with Crippen molar-refractivity contribution in [3.8, 4) is 5.75 Å². The Balaban J connectivity index is 2.38. The van der Waals surface area contributed by atoms with E-state index in [1.54, 1.807) is 0 Å². The van der Waals surface area contributed by atoms with Gasteiger partial charge in [0.2, 0.25) is 0 Å². The maximum atomic E-state index is 11.9. The molecule has 0 bridgehead atoms. The summed E-state index contributed by atoms with van der Waals surface area (Å²) in [7, 11) is 2.13.